The normalized spacial score (nSPS) is 23.2. The summed E-state index contributed by atoms with van der Waals surface area (Å²) in [6.07, 6.45) is 9.56. The van der Waals surface area contributed by atoms with E-state index >= 15 is 0 Å². The van der Waals surface area contributed by atoms with Crippen LogP contribution in [0.25, 0.3) is 0 Å². The molecule has 2 atom stereocenters. The molecule has 21 heavy (non-hydrogen) atoms. The third kappa shape index (κ3) is 6.36. The number of hydrogen-bond donors (Lipinski definition) is 1. The SMILES string of the molecule is CCCNC(C#N)(CC)CCCN1CCCC(CC)CC1. The second-order valence-electron chi connectivity index (χ2n) is 6.62. The first-order valence-corrected chi connectivity index (χ1v) is 9.08. The Hall–Kier alpha value is -0.590. The number of hydrogen-bond acceptors (Lipinski definition) is 3. The van der Waals surface area contributed by atoms with Crippen molar-refractivity contribution >= 4 is 0 Å². The Morgan fingerprint density at radius 1 is 1.24 bits per heavy atom. The van der Waals surface area contributed by atoms with E-state index in [4.69, 9.17) is 0 Å². The van der Waals surface area contributed by atoms with Crippen LogP contribution in [0.3, 0.4) is 0 Å². The quantitative estimate of drug-likeness (QED) is 0.699. The number of rotatable bonds is 9. The van der Waals surface area contributed by atoms with E-state index in [0.29, 0.717) is 0 Å². The molecule has 0 aromatic carbocycles. The lowest BCUT2D eigenvalue weighted by Crippen LogP contribution is -2.44. The van der Waals surface area contributed by atoms with Gasteiger partial charge in [0.25, 0.3) is 0 Å². The Morgan fingerprint density at radius 2 is 2.05 bits per heavy atom. The lowest BCUT2D eigenvalue weighted by Gasteiger charge is -2.28. The number of nitrogens with zero attached hydrogens (tertiary/aromatic N) is 2. The first-order valence-electron chi connectivity index (χ1n) is 9.08. The van der Waals surface area contributed by atoms with E-state index in [2.05, 4.69) is 37.1 Å². The van der Waals surface area contributed by atoms with Gasteiger partial charge in [0.2, 0.25) is 0 Å². The first kappa shape index (κ1) is 18.5. The molecule has 1 saturated heterocycles. The smallest absolute Gasteiger partial charge is 0.106 e. The Labute approximate surface area is 132 Å². The highest BCUT2D eigenvalue weighted by molar-refractivity contribution is 5.06. The van der Waals surface area contributed by atoms with Gasteiger partial charge in [0.15, 0.2) is 0 Å². The Balaban J connectivity index is 2.35. The van der Waals surface area contributed by atoms with Crippen LogP contribution < -0.4 is 5.32 Å². The molecule has 1 rings (SSSR count). The minimum atomic E-state index is -0.298. The molecule has 1 aliphatic heterocycles. The molecule has 0 saturated carbocycles. The minimum Gasteiger partial charge on any atom is -0.303 e. The van der Waals surface area contributed by atoms with Gasteiger partial charge in [-0.2, -0.15) is 5.26 Å². The molecule has 3 nitrogen and oxygen atoms in total. The zero-order chi connectivity index (χ0) is 15.6. The lowest BCUT2D eigenvalue weighted by atomic mass is 9.91. The second-order valence-corrected chi connectivity index (χ2v) is 6.62. The molecule has 0 aliphatic carbocycles. The molecule has 1 aliphatic rings. The van der Waals surface area contributed by atoms with Crippen molar-refractivity contribution in [3.05, 3.63) is 0 Å². The average Bonchev–Trinajstić information content (AvgIpc) is 2.76. The molecular formula is C18H35N3. The molecule has 0 aromatic rings. The van der Waals surface area contributed by atoms with E-state index < -0.39 is 0 Å². The van der Waals surface area contributed by atoms with Crippen LogP contribution in [0.5, 0.6) is 0 Å². The van der Waals surface area contributed by atoms with Crippen LogP contribution in [-0.4, -0.2) is 36.6 Å². The van der Waals surface area contributed by atoms with Crippen molar-refractivity contribution in [1.29, 1.82) is 5.26 Å². The maximum absolute atomic E-state index is 9.53. The van der Waals surface area contributed by atoms with E-state index in [0.717, 1.165) is 44.7 Å². The first-order chi connectivity index (χ1) is 10.2. The standard InChI is InChI=1S/C18H35N3/c1-4-12-20-18(6-3,16-19)11-8-14-21-13-7-9-17(5-2)10-15-21/h17,20H,4-15H2,1-3H3. The summed E-state index contributed by atoms with van der Waals surface area (Å²) in [5.74, 6) is 0.940. The molecule has 1 heterocycles. The van der Waals surface area contributed by atoms with Crippen molar-refractivity contribution in [2.75, 3.05) is 26.2 Å². The summed E-state index contributed by atoms with van der Waals surface area (Å²) < 4.78 is 0. The van der Waals surface area contributed by atoms with Gasteiger partial charge >= 0.3 is 0 Å². The molecule has 2 unspecified atom stereocenters. The van der Waals surface area contributed by atoms with Crippen molar-refractivity contribution in [1.82, 2.24) is 10.2 Å². The van der Waals surface area contributed by atoms with Gasteiger partial charge < -0.3 is 4.90 Å². The van der Waals surface area contributed by atoms with Gasteiger partial charge in [-0.15, -0.1) is 0 Å². The fourth-order valence-corrected chi connectivity index (χ4v) is 3.39. The predicted octanol–water partition coefficient (Wildman–Crippen LogP) is 3.95. The van der Waals surface area contributed by atoms with Gasteiger partial charge in [-0.05, 0) is 77.0 Å². The van der Waals surface area contributed by atoms with E-state index in [9.17, 15) is 5.26 Å². The summed E-state index contributed by atoms with van der Waals surface area (Å²) in [6.45, 7) is 11.2. The highest BCUT2D eigenvalue weighted by atomic mass is 15.1. The van der Waals surface area contributed by atoms with Crippen molar-refractivity contribution in [3.8, 4) is 6.07 Å². The topological polar surface area (TPSA) is 39.1 Å². The molecule has 0 bridgehead atoms. The molecule has 0 radical (unpaired) electrons. The third-order valence-corrected chi connectivity index (χ3v) is 5.13. The fraction of sp³-hybridized carbons (Fsp3) is 0.944. The maximum Gasteiger partial charge on any atom is 0.106 e. The summed E-state index contributed by atoms with van der Waals surface area (Å²) in [6, 6.07) is 2.54. The largest absolute Gasteiger partial charge is 0.303 e. The highest BCUT2D eigenvalue weighted by Crippen LogP contribution is 2.22. The van der Waals surface area contributed by atoms with Gasteiger partial charge in [0.1, 0.15) is 5.54 Å². The summed E-state index contributed by atoms with van der Waals surface area (Å²) in [5.41, 5.74) is -0.298. The van der Waals surface area contributed by atoms with Crippen molar-refractivity contribution in [2.45, 2.75) is 77.7 Å². The summed E-state index contributed by atoms with van der Waals surface area (Å²) in [4.78, 5) is 2.62. The van der Waals surface area contributed by atoms with Crippen LogP contribution in [0, 0.1) is 17.2 Å². The molecule has 122 valence electrons. The average molecular weight is 293 g/mol. The number of nitriles is 1. The van der Waals surface area contributed by atoms with Gasteiger partial charge in [0.05, 0.1) is 6.07 Å². The van der Waals surface area contributed by atoms with Crippen LogP contribution >= 0.6 is 0 Å². The Morgan fingerprint density at radius 3 is 2.67 bits per heavy atom. The van der Waals surface area contributed by atoms with Crippen molar-refractivity contribution in [2.24, 2.45) is 5.92 Å². The Kier molecular flexibility index (Phi) is 8.96. The Bertz CT molecular complexity index is 310. The van der Waals surface area contributed by atoms with Crippen LogP contribution in [0.15, 0.2) is 0 Å². The van der Waals surface area contributed by atoms with Gasteiger partial charge in [-0.3, -0.25) is 5.32 Å². The zero-order valence-corrected chi connectivity index (χ0v) is 14.5. The van der Waals surface area contributed by atoms with E-state index in [1.807, 2.05) is 0 Å². The van der Waals surface area contributed by atoms with E-state index in [1.54, 1.807) is 0 Å². The lowest BCUT2D eigenvalue weighted by molar-refractivity contribution is 0.257. The van der Waals surface area contributed by atoms with Crippen LogP contribution in [0.1, 0.15) is 72.1 Å². The molecule has 0 spiro atoms. The molecule has 1 fully saturated rings. The van der Waals surface area contributed by atoms with Crippen molar-refractivity contribution in [3.63, 3.8) is 0 Å². The predicted molar refractivity (Wildman–Crippen MR) is 90.2 cm³/mol. The van der Waals surface area contributed by atoms with E-state index in [-0.39, 0.29) is 5.54 Å². The van der Waals surface area contributed by atoms with Gasteiger partial charge in [0, 0.05) is 0 Å². The van der Waals surface area contributed by atoms with Gasteiger partial charge in [-0.1, -0.05) is 27.2 Å². The molecular weight excluding hydrogens is 258 g/mol. The zero-order valence-electron chi connectivity index (χ0n) is 14.5. The third-order valence-electron chi connectivity index (χ3n) is 5.13. The minimum absolute atomic E-state index is 0.298. The van der Waals surface area contributed by atoms with Crippen LogP contribution in [0.4, 0.5) is 0 Å². The number of nitrogens with one attached hydrogen (secondary N) is 1. The summed E-state index contributed by atoms with van der Waals surface area (Å²) >= 11 is 0. The highest BCUT2D eigenvalue weighted by Gasteiger charge is 2.26. The maximum atomic E-state index is 9.53. The fourth-order valence-electron chi connectivity index (χ4n) is 3.39. The van der Waals surface area contributed by atoms with Crippen LogP contribution in [0.2, 0.25) is 0 Å². The molecule has 1 N–H and O–H groups in total. The van der Waals surface area contributed by atoms with Crippen LogP contribution in [-0.2, 0) is 0 Å². The van der Waals surface area contributed by atoms with E-state index in [1.165, 1.54) is 38.8 Å². The monoisotopic (exact) mass is 293 g/mol. The molecule has 3 heteroatoms. The molecule has 0 amide bonds. The summed E-state index contributed by atoms with van der Waals surface area (Å²) in [5, 5.41) is 13.0. The second kappa shape index (κ2) is 10.2. The summed E-state index contributed by atoms with van der Waals surface area (Å²) in [7, 11) is 0. The molecule has 0 aromatic heterocycles. The van der Waals surface area contributed by atoms with Gasteiger partial charge in [-0.25, -0.2) is 0 Å². The van der Waals surface area contributed by atoms with Crippen molar-refractivity contribution < 1.29 is 0 Å². The number of likely N-dealkylation sites (tertiary alicyclic amines) is 1.